The molecule has 1 heterocycles. The summed E-state index contributed by atoms with van der Waals surface area (Å²) in [6.45, 7) is 5.57. The van der Waals surface area contributed by atoms with E-state index in [1.54, 1.807) is 0 Å². The van der Waals surface area contributed by atoms with Gasteiger partial charge in [0.2, 0.25) is 5.91 Å². The van der Waals surface area contributed by atoms with Crippen LogP contribution in [-0.4, -0.2) is 36.5 Å². The van der Waals surface area contributed by atoms with Crippen molar-refractivity contribution >= 4 is 5.91 Å². The third-order valence-corrected chi connectivity index (χ3v) is 4.55. The minimum Gasteiger partial charge on any atom is -0.344 e. The summed E-state index contributed by atoms with van der Waals surface area (Å²) in [4.78, 5) is 13.7. The van der Waals surface area contributed by atoms with Crippen molar-refractivity contribution in [1.29, 1.82) is 0 Å². The number of rotatable bonds is 2. The van der Waals surface area contributed by atoms with E-state index in [4.69, 9.17) is 0 Å². The van der Waals surface area contributed by atoms with Crippen molar-refractivity contribution in [3.8, 4) is 0 Å². The van der Waals surface area contributed by atoms with Crippen molar-refractivity contribution in [2.24, 2.45) is 11.8 Å². The van der Waals surface area contributed by atoms with E-state index in [0.717, 1.165) is 18.9 Å². The molecule has 1 aliphatic heterocycles. The van der Waals surface area contributed by atoms with Gasteiger partial charge in [0.25, 0.3) is 0 Å². The molecule has 3 heteroatoms. The SMILES string of the molecule is CC1CCCC(NC2CCN(C)C2=O)C1C. The van der Waals surface area contributed by atoms with Gasteiger partial charge in [0, 0.05) is 19.6 Å². The largest absolute Gasteiger partial charge is 0.344 e. The smallest absolute Gasteiger partial charge is 0.239 e. The molecule has 4 unspecified atom stereocenters. The summed E-state index contributed by atoms with van der Waals surface area (Å²) < 4.78 is 0. The minimum atomic E-state index is 0.0859. The van der Waals surface area contributed by atoms with E-state index in [0.29, 0.717) is 12.0 Å². The Labute approximate surface area is 98.6 Å². The van der Waals surface area contributed by atoms with Crippen LogP contribution >= 0.6 is 0 Å². The molecule has 1 saturated heterocycles. The first kappa shape index (κ1) is 11.9. The molecule has 4 atom stereocenters. The van der Waals surface area contributed by atoms with Crippen LogP contribution in [-0.2, 0) is 4.79 Å². The lowest BCUT2D eigenvalue weighted by molar-refractivity contribution is -0.128. The van der Waals surface area contributed by atoms with E-state index in [9.17, 15) is 4.79 Å². The fourth-order valence-corrected chi connectivity index (χ4v) is 3.05. The van der Waals surface area contributed by atoms with E-state index in [-0.39, 0.29) is 11.9 Å². The van der Waals surface area contributed by atoms with Crippen LogP contribution in [0.4, 0.5) is 0 Å². The van der Waals surface area contributed by atoms with Crippen LogP contribution in [0, 0.1) is 11.8 Å². The Balaban J connectivity index is 1.91. The third-order valence-electron chi connectivity index (χ3n) is 4.55. The average Bonchev–Trinajstić information content (AvgIpc) is 2.57. The third kappa shape index (κ3) is 2.24. The Morgan fingerprint density at radius 1 is 1.25 bits per heavy atom. The van der Waals surface area contributed by atoms with Crippen LogP contribution in [0.25, 0.3) is 0 Å². The first-order valence-corrected chi connectivity index (χ1v) is 6.60. The van der Waals surface area contributed by atoms with Crippen LogP contribution < -0.4 is 5.32 Å². The highest BCUT2D eigenvalue weighted by molar-refractivity contribution is 5.83. The summed E-state index contributed by atoms with van der Waals surface area (Å²) in [6.07, 6.45) is 4.86. The van der Waals surface area contributed by atoms with Crippen LogP contribution in [0.2, 0.25) is 0 Å². The van der Waals surface area contributed by atoms with Gasteiger partial charge in [0.05, 0.1) is 6.04 Å². The number of likely N-dealkylation sites (tertiary alicyclic amines) is 1. The molecule has 0 aromatic rings. The zero-order valence-corrected chi connectivity index (χ0v) is 10.7. The molecule has 16 heavy (non-hydrogen) atoms. The lowest BCUT2D eigenvalue weighted by atomic mass is 9.78. The number of hydrogen-bond acceptors (Lipinski definition) is 2. The maximum absolute atomic E-state index is 11.8. The van der Waals surface area contributed by atoms with E-state index in [1.165, 1.54) is 19.3 Å². The van der Waals surface area contributed by atoms with Crippen molar-refractivity contribution < 1.29 is 4.79 Å². The van der Waals surface area contributed by atoms with Gasteiger partial charge < -0.3 is 10.2 Å². The maximum Gasteiger partial charge on any atom is 0.239 e. The van der Waals surface area contributed by atoms with Crippen molar-refractivity contribution in [1.82, 2.24) is 10.2 Å². The number of nitrogens with zero attached hydrogens (tertiary/aromatic N) is 1. The quantitative estimate of drug-likeness (QED) is 0.773. The summed E-state index contributed by atoms with van der Waals surface area (Å²) in [5.41, 5.74) is 0. The van der Waals surface area contributed by atoms with Crippen molar-refractivity contribution in [2.75, 3.05) is 13.6 Å². The van der Waals surface area contributed by atoms with Gasteiger partial charge in [-0.3, -0.25) is 4.79 Å². The topological polar surface area (TPSA) is 32.3 Å². The van der Waals surface area contributed by atoms with Gasteiger partial charge in [0.1, 0.15) is 0 Å². The highest BCUT2D eigenvalue weighted by Gasteiger charge is 2.34. The number of nitrogens with one attached hydrogen (secondary N) is 1. The standard InChI is InChI=1S/C13H24N2O/c1-9-5-4-6-11(10(9)2)14-12-7-8-15(3)13(12)16/h9-12,14H,4-8H2,1-3H3. The predicted octanol–water partition coefficient (Wildman–Crippen LogP) is 1.63. The van der Waals surface area contributed by atoms with E-state index in [2.05, 4.69) is 19.2 Å². The van der Waals surface area contributed by atoms with Gasteiger partial charge in [-0.25, -0.2) is 0 Å². The van der Waals surface area contributed by atoms with E-state index < -0.39 is 0 Å². The molecular formula is C13H24N2O. The molecule has 2 rings (SSSR count). The van der Waals surface area contributed by atoms with Crippen LogP contribution in [0.15, 0.2) is 0 Å². The molecule has 0 radical (unpaired) electrons. The Morgan fingerprint density at radius 2 is 2.00 bits per heavy atom. The van der Waals surface area contributed by atoms with Gasteiger partial charge in [-0.05, 0) is 24.7 Å². The molecule has 1 N–H and O–H groups in total. The Hall–Kier alpha value is -0.570. The van der Waals surface area contributed by atoms with Crippen LogP contribution in [0.5, 0.6) is 0 Å². The Kier molecular flexibility index (Phi) is 3.53. The molecule has 1 saturated carbocycles. The number of carbonyl (C=O) groups is 1. The summed E-state index contributed by atoms with van der Waals surface area (Å²) in [5.74, 6) is 1.78. The van der Waals surface area contributed by atoms with Gasteiger partial charge >= 0.3 is 0 Å². The van der Waals surface area contributed by atoms with Crippen LogP contribution in [0.3, 0.4) is 0 Å². The summed E-state index contributed by atoms with van der Waals surface area (Å²) in [7, 11) is 1.90. The zero-order valence-electron chi connectivity index (χ0n) is 10.7. The average molecular weight is 224 g/mol. The lowest BCUT2D eigenvalue weighted by Crippen LogP contribution is -2.48. The molecule has 0 aromatic carbocycles. The number of hydrogen-bond donors (Lipinski definition) is 1. The lowest BCUT2D eigenvalue weighted by Gasteiger charge is -2.36. The molecule has 0 aromatic heterocycles. The summed E-state index contributed by atoms with van der Waals surface area (Å²) >= 11 is 0. The molecule has 1 aliphatic carbocycles. The van der Waals surface area contributed by atoms with Crippen molar-refractivity contribution in [3.05, 3.63) is 0 Å². The minimum absolute atomic E-state index is 0.0859. The summed E-state index contributed by atoms with van der Waals surface area (Å²) in [5, 5.41) is 3.59. The van der Waals surface area contributed by atoms with Crippen molar-refractivity contribution in [3.63, 3.8) is 0 Å². The molecule has 3 nitrogen and oxygen atoms in total. The van der Waals surface area contributed by atoms with Gasteiger partial charge in [-0.2, -0.15) is 0 Å². The number of amides is 1. The molecule has 0 bridgehead atoms. The second-order valence-electron chi connectivity index (χ2n) is 5.64. The molecule has 1 amide bonds. The second-order valence-corrected chi connectivity index (χ2v) is 5.64. The zero-order chi connectivity index (χ0) is 11.7. The molecule has 0 spiro atoms. The molecule has 2 aliphatic rings. The van der Waals surface area contributed by atoms with Crippen LogP contribution in [0.1, 0.15) is 39.5 Å². The fraction of sp³-hybridized carbons (Fsp3) is 0.923. The predicted molar refractivity (Wildman–Crippen MR) is 65.1 cm³/mol. The van der Waals surface area contributed by atoms with E-state index >= 15 is 0 Å². The second kappa shape index (κ2) is 4.74. The monoisotopic (exact) mass is 224 g/mol. The van der Waals surface area contributed by atoms with Gasteiger partial charge in [0.15, 0.2) is 0 Å². The van der Waals surface area contributed by atoms with Crippen molar-refractivity contribution in [2.45, 2.75) is 51.6 Å². The molecular weight excluding hydrogens is 200 g/mol. The number of carbonyl (C=O) groups excluding carboxylic acids is 1. The maximum atomic E-state index is 11.8. The van der Waals surface area contributed by atoms with E-state index in [1.807, 2.05) is 11.9 Å². The highest BCUT2D eigenvalue weighted by atomic mass is 16.2. The van der Waals surface area contributed by atoms with Gasteiger partial charge in [-0.1, -0.05) is 26.7 Å². The fourth-order valence-electron chi connectivity index (χ4n) is 3.05. The highest BCUT2D eigenvalue weighted by Crippen LogP contribution is 2.30. The molecule has 2 fully saturated rings. The Bertz CT molecular complexity index is 267. The van der Waals surface area contributed by atoms with Gasteiger partial charge in [-0.15, -0.1) is 0 Å². The number of likely N-dealkylation sites (N-methyl/N-ethyl adjacent to an activating group) is 1. The first-order chi connectivity index (χ1) is 7.59. The Morgan fingerprint density at radius 3 is 2.62 bits per heavy atom. The normalized spacial score (nSPS) is 40.4. The first-order valence-electron chi connectivity index (χ1n) is 6.60. The summed E-state index contributed by atoms with van der Waals surface area (Å²) in [6, 6.07) is 0.631. The molecule has 92 valence electrons.